The molecule has 0 aromatic carbocycles. The summed E-state index contributed by atoms with van der Waals surface area (Å²) in [5.41, 5.74) is 0. The van der Waals surface area contributed by atoms with E-state index in [2.05, 4.69) is 6.07 Å². The van der Waals surface area contributed by atoms with Crippen LogP contribution in [0.15, 0.2) is 0 Å². The number of carbonyl (C=O) groups is 1. The SMILES string of the molecule is CCCN1C(=O)OCCC1C#N. The molecule has 0 aromatic heterocycles. The van der Waals surface area contributed by atoms with Gasteiger partial charge in [-0.25, -0.2) is 4.79 Å². The van der Waals surface area contributed by atoms with Gasteiger partial charge < -0.3 is 4.74 Å². The molecule has 4 heteroatoms. The Hall–Kier alpha value is -1.24. The van der Waals surface area contributed by atoms with Crippen molar-refractivity contribution < 1.29 is 9.53 Å². The summed E-state index contributed by atoms with van der Waals surface area (Å²) in [6.45, 7) is 2.95. The summed E-state index contributed by atoms with van der Waals surface area (Å²) in [7, 11) is 0. The highest BCUT2D eigenvalue weighted by atomic mass is 16.6. The van der Waals surface area contributed by atoms with E-state index in [0.29, 0.717) is 19.6 Å². The van der Waals surface area contributed by atoms with Crippen LogP contribution < -0.4 is 0 Å². The number of cyclic esters (lactones) is 1. The zero-order valence-electron chi connectivity index (χ0n) is 7.12. The van der Waals surface area contributed by atoms with Crippen molar-refractivity contribution in [1.82, 2.24) is 4.90 Å². The first-order valence-electron chi connectivity index (χ1n) is 4.12. The monoisotopic (exact) mass is 168 g/mol. The van der Waals surface area contributed by atoms with Gasteiger partial charge in [-0.3, -0.25) is 4.90 Å². The first-order chi connectivity index (χ1) is 5.79. The maximum atomic E-state index is 11.1. The summed E-state index contributed by atoms with van der Waals surface area (Å²) >= 11 is 0. The predicted octanol–water partition coefficient (Wildman–Crippen LogP) is 1.13. The molecule has 1 fully saturated rings. The molecule has 4 nitrogen and oxygen atoms in total. The lowest BCUT2D eigenvalue weighted by atomic mass is 10.2. The maximum absolute atomic E-state index is 11.1. The van der Waals surface area contributed by atoms with E-state index >= 15 is 0 Å². The van der Waals surface area contributed by atoms with E-state index in [9.17, 15) is 4.79 Å². The quantitative estimate of drug-likeness (QED) is 0.621. The Kier molecular flexibility index (Phi) is 2.92. The summed E-state index contributed by atoms with van der Waals surface area (Å²) in [5, 5.41) is 8.71. The van der Waals surface area contributed by atoms with Crippen molar-refractivity contribution in [3.8, 4) is 6.07 Å². The second kappa shape index (κ2) is 3.96. The summed E-state index contributed by atoms with van der Waals surface area (Å²) in [5.74, 6) is 0. The van der Waals surface area contributed by atoms with Crippen molar-refractivity contribution in [2.45, 2.75) is 25.8 Å². The second-order valence-corrected chi connectivity index (χ2v) is 2.74. The number of amides is 1. The standard InChI is InChI=1S/C8H12N2O2/c1-2-4-10-7(6-9)3-5-12-8(10)11/h7H,2-5H2,1H3. The van der Waals surface area contributed by atoms with Crippen molar-refractivity contribution in [3.63, 3.8) is 0 Å². The maximum Gasteiger partial charge on any atom is 0.410 e. The number of hydrogen-bond donors (Lipinski definition) is 0. The predicted molar refractivity (Wildman–Crippen MR) is 42.4 cm³/mol. The Morgan fingerprint density at radius 3 is 3.17 bits per heavy atom. The second-order valence-electron chi connectivity index (χ2n) is 2.74. The van der Waals surface area contributed by atoms with E-state index in [-0.39, 0.29) is 12.1 Å². The zero-order valence-corrected chi connectivity index (χ0v) is 7.12. The lowest BCUT2D eigenvalue weighted by Crippen LogP contribution is -2.45. The molecule has 1 unspecified atom stereocenters. The average Bonchev–Trinajstić information content (AvgIpc) is 2.09. The van der Waals surface area contributed by atoms with Crippen molar-refractivity contribution in [3.05, 3.63) is 0 Å². The van der Waals surface area contributed by atoms with Crippen LogP contribution >= 0.6 is 0 Å². The molecule has 1 rings (SSSR count). The van der Waals surface area contributed by atoms with E-state index in [1.807, 2.05) is 6.92 Å². The number of hydrogen-bond acceptors (Lipinski definition) is 3. The topological polar surface area (TPSA) is 53.3 Å². The van der Waals surface area contributed by atoms with Crippen LogP contribution in [0.1, 0.15) is 19.8 Å². The van der Waals surface area contributed by atoms with Gasteiger partial charge in [-0.15, -0.1) is 0 Å². The van der Waals surface area contributed by atoms with Gasteiger partial charge in [0.2, 0.25) is 0 Å². The van der Waals surface area contributed by atoms with E-state index in [0.717, 1.165) is 6.42 Å². The molecular weight excluding hydrogens is 156 g/mol. The van der Waals surface area contributed by atoms with Gasteiger partial charge in [-0.1, -0.05) is 6.92 Å². The lowest BCUT2D eigenvalue weighted by Gasteiger charge is -2.30. The molecule has 1 saturated heterocycles. The molecule has 66 valence electrons. The first kappa shape index (κ1) is 8.85. The molecule has 12 heavy (non-hydrogen) atoms. The normalized spacial score (nSPS) is 23.2. The number of rotatable bonds is 2. The lowest BCUT2D eigenvalue weighted by molar-refractivity contribution is 0.0580. The Labute approximate surface area is 71.7 Å². The first-order valence-corrected chi connectivity index (χ1v) is 4.12. The molecule has 1 atom stereocenters. The average molecular weight is 168 g/mol. The van der Waals surface area contributed by atoms with Gasteiger partial charge in [0.15, 0.2) is 0 Å². The molecular formula is C8H12N2O2. The van der Waals surface area contributed by atoms with Crippen LogP contribution in [0.2, 0.25) is 0 Å². The Morgan fingerprint density at radius 1 is 1.83 bits per heavy atom. The van der Waals surface area contributed by atoms with E-state index in [1.54, 1.807) is 0 Å². The zero-order chi connectivity index (χ0) is 8.97. The van der Waals surface area contributed by atoms with Gasteiger partial charge in [0.1, 0.15) is 6.04 Å². The molecule has 0 saturated carbocycles. The Balaban J connectivity index is 2.61. The van der Waals surface area contributed by atoms with Gasteiger partial charge in [-0.05, 0) is 6.42 Å². The third-order valence-electron chi connectivity index (χ3n) is 1.84. The number of nitrogens with zero attached hydrogens (tertiary/aromatic N) is 2. The molecule has 0 bridgehead atoms. The van der Waals surface area contributed by atoms with Gasteiger partial charge in [0.25, 0.3) is 0 Å². The van der Waals surface area contributed by atoms with Crippen molar-refractivity contribution >= 4 is 6.09 Å². The fraction of sp³-hybridized carbons (Fsp3) is 0.750. The van der Waals surface area contributed by atoms with Gasteiger partial charge in [-0.2, -0.15) is 5.26 Å². The third-order valence-corrected chi connectivity index (χ3v) is 1.84. The summed E-state index contributed by atoms with van der Waals surface area (Å²) in [4.78, 5) is 12.6. The minimum Gasteiger partial charge on any atom is -0.449 e. The van der Waals surface area contributed by atoms with Gasteiger partial charge >= 0.3 is 6.09 Å². The molecule has 0 spiro atoms. The third kappa shape index (κ3) is 1.67. The van der Waals surface area contributed by atoms with Crippen molar-refractivity contribution in [2.24, 2.45) is 0 Å². The molecule has 0 radical (unpaired) electrons. The van der Waals surface area contributed by atoms with Crippen LogP contribution in [-0.4, -0.2) is 30.2 Å². The van der Waals surface area contributed by atoms with Crippen LogP contribution in [-0.2, 0) is 4.74 Å². The molecule has 1 amide bonds. The molecule has 1 aliphatic rings. The Morgan fingerprint density at radius 2 is 2.58 bits per heavy atom. The fourth-order valence-electron chi connectivity index (χ4n) is 1.25. The van der Waals surface area contributed by atoms with Crippen molar-refractivity contribution in [2.75, 3.05) is 13.2 Å². The molecule has 1 aliphatic heterocycles. The van der Waals surface area contributed by atoms with E-state index in [1.165, 1.54) is 4.90 Å². The molecule has 1 heterocycles. The summed E-state index contributed by atoms with van der Waals surface area (Å²) in [6.07, 6.45) is 1.13. The summed E-state index contributed by atoms with van der Waals surface area (Å²) in [6, 6.07) is 1.81. The largest absolute Gasteiger partial charge is 0.449 e. The van der Waals surface area contributed by atoms with Crippen LogP contribution in [0, 0.1) is 11.3 Å². The summed E-state index contributed by atoms with van der Waals surface area (Å²) < 4.78 is 4.81. The number of carbonyl (C=O) groups excluding carboxylic acids is 1. The fourth-order valence-corrected chi connectivity index (χ4v) is 1.25. The number of nitriles is 1. The van der Waals surface area contributed by atoms with Gasteiger partial charge in [0, 0.05) is 13.0 Å². The van der Waals surface area contributed by atoms with E-state index < -0.39 is 0 Å². The Bertz CT molecular complexity index is 210. The van der Waals surface area contributed by atoms with Crippen molar-refractivity contribution in [1.29, 1.82) is 5.26 Å². The molecule has 0 aromatic rings. The minimum absolute atomic E-state index is 0.286. The smallest absolute Gasteiger partial charge is 0.410 e. The highest BCUT2D eigenvalue weighted by Crippen LogP contribution is 2.12. The highest BCUT2D eigenvalue weighted by Gasteiger charge is 2.28. The molecule has 0 aliphatic carbocycles. The highest BCUT2D eigenvalue weighted by molar-refractivity contribution is 5.69. The molecule has 0 N–H and O–H groups in total. The minimum atomic E-state index is -0.352. The van der Waals surface area contributed by atoms with Crippen LogP contribution in [0.25, 0.3) is 0 Å². The van der Waals surface area contributed by atoms with Crippen LogP contribution in [0.3, 0.4) is 0 Å². The van der Waals surface area contributed by atoms with Crippen LogP contribution in [0.5, 0.6) is 0 Å². The van der Waals surface area contributed by atoms with Crippen LogP contribution in [0.4, 0.5) is 4.79 Å². The van der Waals surface area contributed by atoms with Gasteiger partial charge in [0.05, 0.1) is 12.7 Å². The van der Waals surface area contributed by atoms with E-state index in [4.69, 9.17) is 10.00 Å². The number of ether oxygens (including phenoxy) is 1.